The van der Waals surface area contributed by atoms with Gasteiger partial charge in [-0.15, -0.1) is 0 Å². The number of hydrogen-bond donors (Lipinski definition) is 1. The number of anilines is 1. The van der Waals surface area contributed by atoms with E-state index < -0.39 is 28.7 Å². The van der Waals surface area contributed by atoms with Crippen LogP contribution in [0.25, 0.3) is 10.9 Å². The summed E-state index contributed by atoms with van der Waals surface area (Å²) in [6.07, 6.45) is 1.93. The molecule has 0 unspecified atom stereocenters. The van der Waals surface area contributed by atoms with Gasteiger partial charge in [0, 0.05) is 32.7 Å². The van der Waals surface area contributed by atoms with Crippen molar-refractivity contribution in [3.63, 3.8) is 0 Å². The molecule has 1 heterocycles. The molecule has 10 nitrogen and oxygen atoms in total. The first kappa shape index (κ1) is 27.9. The Balaban J connectivity index is 1.76. The Morgan fingerprint density at radius 3 is 2.69 bits per heavy atom. The van der Waals surface area contributed by atoms with E-state index in [1.807, 2.05) is 13.8 Å². The normalized spacial score (nSPS) is 12.0. The zero-order valence-electron chi connectivity index (χ0n) is 20.9. The van der Waals surface area contributed by atoms with Crippen LogP contribution in [0.3, 0.4) is 0 Å². The van der Waals surface area contributed by atoms with Gasteiger partial charge in [-0.05, 0) is 42.8 Å². The average molecular weight is 613 g/mol. The molecule has 0 saturated carbocycles. The smallest absolute Gasteiger partial charge is 0.313 e. The summed E-state index contributed by atoms with van der Waals surface area (Å²) in [6.45, 7) is 3.37. The Bertz CT molecular complexity index is 1640. The fourth-order valence-electron chi connectivity index (χ4n) is 3.74. The molecule has 0 aliphatic carbocycles. The first-order valence-corrected chi connectivity index (χ1v) is 13.1. The Morgan fingerprint density at radius 2 is 2.00 bits per heavy atom. The maximum atomic E-state index is 13.4. The van der Waals surface area contributed by atoms with E-state index in [2.05, 4.69) is 31.3 Å². The number of benzene rings is 3. The van der Waals surface area contributed by atoms with Gasteiger partial charge in [-0.2, -0.15) is 9.78 Å². The van der Waals surface area contributed by atoms with Crippen LogP contribution in [-0.2, 0) is 4.79 Å². The van der Waals surface area contributed by atoms with Crippen LogP contribution in [0.2, 0.25) is 5.02 Å². The number of halogens is 2. The van der Waals surface area contributed by atoms with E-state index in [1.54, 1.807) is 48.5 Å². The van der Waals surface area contributed by atoms with Crippen molar-refractivity contribution in [3.8, 4) is 5.75 Å². The van der Waals surface area contributed by atoms with Crippen LogP contribution in [0.15, 0.2) is 75.0 Å². The summed E-state index contributed by atoms with van der Waals surface area (Å²) in [4.78, 5) is 41.7. The molecule has 39 heavy (non-hydrogen) atoms. The van der Waals surface area contributed by atoms with E-state index in [1.165, 1.54) is 17.0 Å². The van der Waals surface area contributed by atoms with Crippen LogP contribution in [-0.4, -0.2) is 33.3 Å². The van der Waals surface area contributed by atoms with Gasteiger partial charge in [0.05, 0.1) is 22.0 Å². The molecule has 0 bridgehead atoms. The highest BCUT2D eigenvalue weighted by molar-refractivity contribution is 9.10. The van der Waals surface area contributed by atoms with Crippen molar-refractivity contribution in [3.05, 3.63) is 102 Å². The van der Waals surface area contributed by atoms with Crippen LogP contribution in [0.1, 0.15) is 37.6 Å². The Labute approximate surface area is 236 Å². The largest absolute Gasteiger partial charge is 0.476 e. The fourth-order valence-corrected chi connectivity index (χ4v) is 4.33. The zero-order chi connectivity index (χ0) is 28.1. The summed E-state index contributed by atoms with van der Waals surface area (Å²) in [7, 11) is 0. The van der Waals surface area contributed by atoms with Gasteiger partial charge in [0.25, 0.3) is 11.5 Å². The maximum Gasteiger partial charge on any atom is 0.313 e. The van der Waals surface area contributed by atoms with Gasteiger partial charge in [0.15, 0.2) is 6.61 Å². The Kier molecular flexibility index (Phi) is 8.72. The Morgan fingerprint density at radius 1 is 1.26 bits per heavy atom. The molecule has 200 valence electrons. The monoisotopic (exact) mass is 611 g/mol. The molecule has 3 aromatic carbocycles. The highest BCUT2D eigenvalue weighted by Crippen LogP contribution is 2.34. The molecule has 0 aliphatic heterocycles. The van der Waals surface area contributed by atoms with Crippen LogP contribution >= 0.6 is 27.5 Å². The second-order valence-electron chi connectivity index (χ2n) is 8.61. The van der Waals surface area contributed by atoms with Crippen molar-refractivity contribution < 1.29 is 14.5 Å². The summed E-state index contributed by atoms with van der Waals surface area (Å²) in [5.74, 6) is -0.428. The number of para-hydroxylation sites is 1. The molecular weight excluding hydrogens is 590 g/mol. The van der Waals surface area contributed by atoms with E-state index >= 15 is 0 Å². The first-order valence-electron chi connectivity index (χ1n) is 11.9. The van der Waals surface area contributed by atoms with Crippen molar-refractivity contribution >= 4 is 61.9 Å². The third-order valence-electron chi connectivity index (χ3n) is 5.86. The third kappa shape index (κ3) is 6.50. The molecular formula is C27H23BrClN5O5. The van der Waals surface area contributed by atoms with Crippen LogP contribution in [0, 0.1) is 10.1 Å². The minimum absolute atomic E-state index is 0.0549. The molecule has 1 aromatic heterocycles. The number of hydrogen-bond acceptors (Lipinski definition) is 7. The van der Waals surface area contributed by atoms with Crippen LogP contribution in [0.5, 0.6) is 5.75 Å². The molecule has 1 atom stereocenters. The van der Waals surface area contributed by atoms with Gasteiger partial charge < -0.3 is 10.1 Å². The number of ether oxygens (including phenoxy) is 1. The second-order valence-corrected chi connectivity index (χ2v) is 9.96. The standard InChI is InChI=1S/C27H23BrClN5O5/c1-3-16(2)26-32-22-10-9-18(28)12-21(22)27(36)33(26)30-14-17-11-19(29)13-23(34(37)38)25(17)39-15-24(35)31-20-7-5-4-6-8-20/h4-14,16H,3,15H2,1-2H3,(H,31,35)/t16-/m0/s1. The average Bonchev–Trinajstić information content (AvgIpc) is 2.91. The lowest BCUT2D eigenvalue weighted by atomic mass is 10.1. The van der Waals surface area contributed by atoms with Crippen molar-refractivity contribution in [1.82, 2.24) is 9.66 Å². The number of aromatic nitrogens is 2. The molecule has 0 spiro atoms. The van der Waals surface area contributed by atoms with E-state index in [9.17, 15) is 19.7 Å². The summed E-state index contributed by atoms with van der Waals surface area (Å²) < 4.78 is 7.48. The Hall–Kier alpha value is -4.09. The molecule has 0 fully saturated rings. The number of nitro groups is 1. The van der Waals surface area contributed by atoms with Gasteiger partial charge >= 0.3 is 5.69 Å². The second kappa shape index (κ2) is 12.2. The quantitative estimate of drug-likeness (QED) is 0.137. The predicted molar refractivity (Wildman–Crippen MR) is 154 cm³/mol. The highest BCUT2D eigenvalue weighted by Gasteiger charge is 2.22. The van der Waals surface area contributed by atoms with E-state index in [-0.39, 0.29) is 22.3 Å². The minimum atomic E-state index is -0.667. The summed E-state index contributed by atoms with van der Waals surface area (Å²) >= 11 is 9.54. The summed E-state index contributed by atoms with van der Waals surface area (Å²) in [5, 5.41) is 19.2. The summed E-state index contributed by atoms with van der Waals surface area (Å²) in [5.41, 5.74) is 0.321. The molecule has 4 aromatic rings. The number of rotatable bonds is 9. The van der Waals surface area contributed by atoms with Crippen molar-refractivity contribution in [2.24, 2.45) is 5.10 Å². The number of carbonyl (C=O) groups is 1. The van der Waals surface area contributed by atoms with Gasteiger partial charge in [-0.3, -0.25) is 19.7 Å². The lowest BCUT2D eigenvalue weighted by Gasteiger charge is -2.14. The number of fused-ring (bicyclic) bond motifs is 1. The van der Waals surface area contributed by atoms with Crippen molar-refractivity contribution in [1.29, 1.82) is 0 Å². The fraction of sp³-hybridized carbons (Fsp3) is 0.185. The van der Waals surface area contributed by atoms with Crippen molar-refractivity contribution in [2.45, 2.75) is 26.2 Å². The maximum absolute atomic E-state index is 13.4. The number of amides is 1. The van der Waals surface area contributed by atoms with Gasteiger partial charge in [-0.1, -0.05) is 59.6 Å². The number of nitrogens with zero attached hydrogens (tertiary/aromatic N) is 4. The lowest BCUT2D eigenvalue weighted by molar-refractivity contribution is -0.385. The molecule has 1 N–H and O–H groups in total. The van der Waals surface area contributed by atoms with Crippen molar-refractivity contribution in [2.75, 3.05) is 11.9 Å². The molecule has 12 heteroatoms. The predicted octanol–water partition coefficient (Wildman–Crippen LogP) is 6.13. The molecule has 0 aliphatic rings. The lowest BCUT2D eigenvalue weighted by Crippen LogP contribution is -2.24. The molecule has 0 radical (unpaired) electrons. The molecule has 4 rings (SSSR count). The van der Waals surface area contributed by atoms with Crippen LogP contribution in [0.4, 0.5) is 11.4 Å². The zero-order valence-corrected chi connectivity index (χ0v) is 23.3. The minimum Gasteiger partial charge on any atom is -0.476 e. The topological polar surface area (TPSA) is 129 Å². The molecule has 1 amide bonds. The third-order valence-corrected chi connectivity index (χ3v) is 6.57. The first-order chi connectivity index (χ1) is 18.7. The van der Waals surface area contributed by atoms with E-state index in [0.717, 1.165) is 6.07 Å². The molecule has 0 saturated heterocycles. The van der Waals surface area contributed by atoms with Gasteiger partial charge in [0.1, 0.15) is 5.82 Å². The van der Waals surface area contributed by atoms with Gasteiger partial charge in [0.2, 0.25) is 5.75 Å². The van der Waals surface area contributed by atoms with Gasteiger partial charge in [-0.25, -0.2) is 4.98 Å². The number of carbonyl (C=O) groups excluding carboxylic acids is 1. The van der Waals surface area contributed by atoms with E-state index in [0.29, 0.717) is 33.3 Å². The number of nitrogens with one attached hydrogen (secondary N) is 1. The highest BCUT2D eigenvalue weighted by atomic mass is 79.9. The van der Waals surface area contributed by atoms with E-state index in [4.69, 9.17) is 16.3 Å². The number of nitro benzene ring substituents is 1. The summed E-state index contributed by atoms with van der Waals surface area (Å²) in [6, 6.07) is 16.4. The van der Waals surface area contributed by atoms with Crippen LogP contribution < -0.4 is 15.6 Å². The SMILES string of the molecule is CC[C@H](C)c1nc2ccc(Br)cc2c(=O)n1N=Cc1cc(Cl)cc([N+](=O)[O-])c1OCC(=O)Nc1ccccc1.